The summed E-state index contributed by atoms with van der Waals surface area (Å²) in [5, 5.41) is 3.58. The Morgan fingerprint density at radius 2 is 1.80 bits per heavy atom. The van der Waals surface area contributed by atoms with E-state index in [9.17, 15) is 0 Å². The molecule has 1 unspecified atom stereocenters. The Balaban J connectivity index is 2.10. The van der Waals surface area contributed by atoms with Crippen molar-refractivity contribution in [1.29, 1.82) is 0 Å². The predicted molar refractivity (Wildman–Crippen MR) is 88.2 cm³/mol. The molecule has 1 N–H and O–H groups in total. The van der Waals surface area contributed by atoms with Crippen molar-refractivity contribution in [3.8, 4) is 0 Å². The van der Waals surface area contributed by atoms with Crippen LogP contribution in [-0.2, 0) is 11.2 Å². The number of hydrogen-bond acceptors (Lipinski definition) is 2. The van der Waals surface area contributed by atoms with Gasteiger partial charge in [0.2, 0.25) is 0 Å². The Hall–Kier alpha value is -1.32. The average molecular weight is 334 g/mol. The van der Waals surface area contributed by atoms with Crippen molar-refractivity contribution in [3.05, 3.63) is 64.1 Å². The number of ether oxygens (including phenoxy) is 1. The van der Waals surface area contributed by atoms with Crippen molar-refractivity contribution < 1.29 is 4.74 Å². The molecule has 2 rings (SSSR count). The lowest BCUT2D eigenvalue weighted by atomic mass is 10.1. The van der Waals surface area contributed by atoms with Crippen LogP contribution in [-0.4, -0.2) is 13.7 Å². The SMILES string of the molecule is COCCc1ccccc1NC(C)c1ccc(Br)cc1. The lowest BCUT2D eigenvalue weighted by Gasteiger charge is -2.18. The molecule has 0 heterocycles. The van der Waals surface area contributed by atoms with E-state index in [1.54, 1.807) is 7.11 Å². The quantitative estimate of drug-likeness (QED) is 0.818. The first-order valence-electron chi connectivity index (χ1n) is 6.79. The molecule has 0 bridgehead atoms. The van der Waals surface area contributed by atoms with E-state index in [4.69, 9.17) is 4.74 Å². The van der Waals surface area contributed by atoms with Crippen LogP contribution in [0.3, 0.4) is 0 Å². The van der Waals surface area contributed by atoms with E-state index < -0.39 is 0 Å². The zero-order valence-corrected chi connectivity index (χ0v) is 13.5. The van der Waals surface area contributed by atoms with Gasteiger partial charge in [0.05, 0.1) is 6.61 Å². The predicted octanol–water partition coefficient (Wildman–Crippen LogP) is 4.81. The highest BCUT2D eigenvalue weighted by Crippen LogP contribution is 2.24. The minimum Gasteiger partial charge on any atom is -0.384 e. The molecular weight excluding hydrogens is 314 g/mol. The average Bonchev–Trinajstić information content (AvgIpc) is 2.47. The molecule has 0 aliphatic rings. The molecule has 106 valence electrons. The topological polar surface area (TPSA) is 21.3 Å². The van der Waals surface area contributed by atoms with Crippen LogP contribution < -0.4 is 5.32 Å². The summed E-state index contributed by atoms with van der Waals surface area (Å²) in [4.78, 5) is 0. The van der Waals surface area contributed by atoms with Crippen molar-refractivity contribution >= 4 is 21.6 Å². The van der Waals surface area contributed by atoms with Crippen molar-refractivity contribution in [2.24, 2.45) is 0 Å². The van der Waals surface area contributed by atoms with Crippen molar-refractivity contribution in [3.63, 3.8) is 0 Å². The molecule has 0 fully saturated rings. The van der Waals surface area contributed by atoms with Gasteiger partial charge in [-0.2, -0.15) is 0 Å². The Kier molecular flexibility index (Phi) is 5.62. The van der Waals surface area contributed by atoms with E-state index in [0.717, 1.165) is 17.5 Å². The molecule has 0 aromatic heterocycles. The molecule has 0 saturated heterocycles. The van der Waals surface area contributed by atoms with Crippen LogP contribution in [0.25, 0.3) is 0 Å². The van der Waals surface area contributed by atoms with Crippen LogP contribution >= 0.6 is 15.9 Å². The Labute approximate surface area is 129 Å². The second kappa shape index (κ2) is 7.46. The fourth-order valence-electron chi connectivity index (χ4n) is 2.16. The first-order chi connectivity index (χ1) is 9.70. The van der Waals surface area contributed by atoms with Gasteiger partial charge in [0.25, 0.3) is 0 Å². The summed E-state index contributed by atoms with van der Waals surface area (Å²) in [7, 11) is 1.74. The molecule has 20 heavy (non-hydrogen) atoms. The molecule has 2 nitrogen and oxygen atoms in total. The number of rotatable bonds is 6. The molecule has 0 radical (unpaired) electrons. The van der Waals surface area contributed by atoms with Gasteiger partial charge in [-0.25, -0.2) is 0 Å². The highest BCUT2D eigenvalue weighted by atomic mass is 79.9. The minimum atomic E-state index is 0.270. The largest absolute Gasteiger partial charge is 0.384 e. The Bertz CT molecular complexity index is 539. The number of methoxy groups -OCH3 is 1. The zero-order valence-electron chi connectivity index (χ0n) is 11.9. The first-order valence-corrected chi connectivity index (χ1v) is 7.59. The second-order valence-electron chi connectivity index (χ2n) is 4.82. The molecule has 3 heteroatoms. The van der Waals surface area contributed by atoms with Gasteiger partial charge in [-0.05, 0) is 42.7 Å². The molecule has 0 spiro atoms. The molecule has 0 aliphatic heterocycles. The molecule has 0 saturated carbocycles. The number of nitrogens with one attached hydrogen (secondary N) is 1. The third-order valence-electron chi connectivity index (χ3n) is 3.33. The van der Waals surface area contributed by atoms with E-state index in [0.29, 0.717) is 0 Å². The van der Waals surface area contributed by atoms with Gasteiger partial charge in [-0.3, -0.25) is 0 Å². The fourth-order valence-corrected chi connectivity index (χ4v) is 2.42. The van der Waals surface area contributed by atoms with Gasteiger partial charge in [-0.15, -0.1) is 0 Å². The minimum absolute atomic E-state index is 0.270. The van der Waals surface area contributed by atoms with E-state index in [1.165, 1.54) is 16.8 Å². The monoisotopic (exact) mass is 333 g/mol. The Morgan fingerprint density at radius 1 is 1.10 bits per heavy atom. The summed E-state index contributed by atoms with van der Waals surface area (Å²) >= 11 is 3.47. The van der Waals surface area contributed by atoms with Crippen LogP contribution in [0.5, 0.6) is 0 Å². The normalized spacial score (nSPS) is 12.2. The van der Waals surface area contributed by atoms with E-state index >= 15 is 0 Å². The smallest absolute Gasteiger partial charge is 0.0503 e. The van der Waals surface area contributed by atoms with Gasteiger partial charge in [0.15, 0.2) is 0 Å². The lowest BCUT2D eigenvalue weighted by molar-refractivity contribution is 0.202. The lowest BCUT2D eigenvalue weighted by Crippen LogP contribution is -2.09. The highest BCUT2D eigenvalue weighted by molar-refractivity contribution is 9.10. The third kappa shape index (κ3) is 4.09. The number of halogens is 1. The Morgan fingerprint density at radius 3 is 2.50 bits per heavy atom. The van der Waals surface area contributed by atoms with Gasteiger partial charge in [0, 0.05) is 23.3 Å². The van der Waals surface area contributed by atoms with Crippen LogP contribution in [0.1, 0.15) is 24.1 Å². The summed E-state index contributed by atoms with van der Waals surface area (Å²) in [6.07, 6.45) is 0.923. The van der Waals surface area contributed by atoms with Crippen LogP contribution in [0, 0.1) is 0 Å². The fraction of sp³-hybridized carbons (Fsp3) is 0.294. The van der Waals surface area contributed by atoms with Crippen LogP contribution in [0.2, 0.25) is 0 Å². The van der Waals surface area contributed by atoms with Gasteiger partial charge >= 0.3 is 0 Å². The zero-order chi connectivity index (χ0) is 14.4. The van der Waals surface area contributed by atoms with Gasteiger partial charge in [0.1, 0.15) is 0 Å². The number of anilines is 1. The van der Waals surface area contributed by atoms with E-state index in [-0.39, 0.29) is 6.04 Å². The van der Waals surface area contributed by atoms with Crippen molar-refractivity contribution in [2.75, 3.05) is 19.0 Å². The maximum atomic E-state index is 5.17. The number of benzene rings is 2. The first kappa shape index (κ1) is 15.1. The molecule has 2 aromatic rings. The van der Waals surface area contributed by atoms with Crippen molar-refractivity contribution in [2.45, 2.75) is 19.4 Å². The third-order valence-corrected chi connectivity index (χ3v) is 3.86. The van der Waals surface area contributed by atoms with Crippen LogP contribution in [0.15, 0.2) is 53.0 Å². The van der Waals surface area contributed by atoms with Gasteiger partial charge < -0.3 is 10.1 Å². The van der Waals surface area contributed by atoms with Crippen molar-refractivity contribution in [1.82, 2.24) is 0 Å². The van der Waals surface area contributed by atoms with Gasteiger partial charge in [-0.1, -0.05) is 46.3 Å². The highest BCUT2D eigenvalue weighted by Gasteiger charge is 2.08. The summed E-state index contributed by atoms with van der Waals surface area (Å²) in [6, 6.07) is 17.1. The number of para-hydroxylation sites is 1. The summed E-state index contributed by atoms with van der Waals surface area (Å²) in [6.45, 7) is 2.92. The van der Waals surface area contributed by atoms with E-state index in [1.807, 2.05) is 0 Å². The second-order valence-corrected chi connectivity index (χ2v) is 5.73. The molecule has 2 aromatic carbocycles. The maximum absolute atomic E-state index is 5.17. The standard InChI is InChI=1S/C17H20BrNO/c1-13(14-7-9-16(18)10-8-14)19-17-6-4-3-5-15(17)11-12-20-2/h3-10,13,19H,11-12H2,1-2H3. The summed E-state index contributed by atoms with van der Waals surface area (Å²) < 4.78 is 6.28. The maximum Gasteiger partial charge on any atom is 0.0503 e. The number of hydrogen-bond donors (Lipinski definition) is 1. The van der Waals surface area contributed by atoms with Crippen LogP contribution in [0.4, 0.5) is 5.69 Å². The van der Waals surface area contributed by atoms with E-state index in [2.05, 4.69) is 76.7 Å². The molecule has 0 amide bonds. The molecule has 0 aliphatic carbocycles. The molecular formula is C17H20BrNO. The summed E-state index contributed by atoms with van der Waals surface area (Å²) in [5.74, 6) is 0. The summed E-state index contributed by atoms with van der Waals surface area (Å²) in [5.41, 5.74) is 3.74. The molecule has 1 atom stereocenters.